The van der Waals surface area contributed by atoms with Crippen molar-refractivity contribution in [1.82, 2.24) is 37.0 Å². The molecule has 303 valence electrons. The molecule has 1 rings (SSSR count). The fraction of sp³-hybridized carbons (Fsp3) is 0.806. The second-order valence-corrected chi connectivity index (χ2v) is 18.3. The van der Waals surface area contributed by atoms with Crippen LogP contribution in [0.3, 0.4) is 0 Å². The van der Waals surface area contributed by atoms with Gasteiger partial charge in [0, 0.05) is 11.1 Å². The van der Waals surface area contributed by atoms with E-state index in [9.17, 15) is 38.8 Å². The van der Waals surface area contributed by atoms with Crippen LogP contribution in [0.25, 0.3) is 0 Å². The summed E-state index contributed by atoms with van der Waals surface area (Å²) in [5, 5.41) is 29.7. The Bertz CT molecular complexity index is 1410. The predicted octanol–water partition coefficient (Wildman–Crippen LogP) is 1.89. The highest BCUT2D eigenvalue weighted by atomic mass is 16.6. The summed E-state index contributed by atoms with van der Waals surface area (Å²) in [5.41, 5.74) is -8.84. The first-order chi connectivity index (χ1) is 23.5. The van der Waals surface area contributed by atoms with Crippen LogP contribution in [0.2, 0.25) is 0 Å². The second-order valence-electron chi connectivity index (χ2n) is 18.3. The molecule has 0 bridgehead atoms. The number of amides is 6. The van der Waals surface area contributed by atoms with E-state index >= 15 is 0 Å². The maximum Gasteiger partial charge on any atom is 0.408 e. The minimum Gasteiger partial charge on any atom is -0.458 e. The molecule has 17 nitrogen and oxygen atoms in total. The van der Waals surface area contributed by atoms with E-state index in [-0.39, 0.29) is 12.8 Å². The number of hydrogen-bond acceptors (Lipinski definition) is 10. The van der Waals surface area contributed by atoms with E-state index in [0.717, 1.165) is 5.06 Å². The topological polar surface area (TPSA) is 233 Å². The third kappa shape index (κ3) is 13.4. The number of nitrogens with zero attached hydrogens (tertiary/aromatic N) is 1. The average molecular weight is 755 g/mol. The molecule has 1 aliphatic heterocycles. The standard InChI is InChI=1S/C36H64N7O10/c1-20(37-26(47)34(14,15)40-23(44)21(2)39-29(50)53-31(7,8)9)24(45)41-36(18-32(10,11)43(51)33(12,13)19-36)28(49)42-35(16,17)27(48)38-22(3)25(46)52-30(4,5)6/h20-22H,18-19H2,1-17H3,(H,37,47)(H,38,48)(H,39,50)(H,40,44)(H,41,45)(H,42,49)/t20-,21-,22-/m0/s1. The molecule has 1 saturated heterocycles. The van der Waals surface area contributed by atoms with Crippen molar-refractivity contribution in [1.29, 1.82) is 0 Å². The lowest BCUT2D eigenvalue weighted by molar-refractivity contribution is -0.295. The van der Waals surface area contributed by atoms with Crippen molar-refractivity contribution in [3.8, 4) is 0 Å². The molecule has 1 aliphatic rings. The van der Waals surface area contributed by atoms with Crippen molar-refractivity contribution in [3.63, 3.8) is 0 Å². The highest BCUT2D eigenvalue weighted by molar-refractivity contribution is 6.00. The number of alkyl carbamates (subject to hydrolysis) is 1. The van der Waals surface area contributed by atoms with Crippen LogP contribution >= 0.6 is 0 Å². The third-order valence-electron chi connectivity index (χ3n) is 8.34. The molecule has 6 N–H and O–H groups in total. The molecule has 53 heavy (non-hydrogen) atoms. The lowest BCUT2D eigenvalue weighted by Gasteiger charge is -2.55. The molecule has 0 unspecified atom stereocenters. The van der Waals surface area contributed by atoms with Crippen LogP contribution in [0.1, 0.15) is 131 Å². The van der Waals surface area contributed by atoms with Gasteiger partial charge in [-0.2, -0.15) is 0 Å². The molecule has 3 atom stereocenters. The molecule has 0 spiro atoms. The Morgan fingerprint density at radius 1 is 0.585 bits per heavy atom. The molecule has 17 heteroatoms. The maximum atomic E-state index is 14.3. The van der Waals surface area contributed by atoms with Gasteiger partial charge >= 0.3 is 12.1 Å². The minimum atomic E-state index is -1.75. The van der Waals surface area contributed by atoms with E-state index in [4.69, 9.17) is 9.47 Å². The van der Waals surface area contributed by atoms with Gasteiger partial charge in [-0.25, -0.2) is 9.59 Å². The molecule has 0 aromatic rings. The van der Waals surface area contributed by atoms with E-state index in [0.29, 0.717) is 0 Å². The smallest absolute Gasteiger partial charge is 0.408 e. The van der Waals surface area contributed by atoms with Crippen LogP contribution < -0.4 is 31.9 Å². The Kier molecular flexibility index (Phi) is 14.3. The van der Waals surface area contributed by atoms with Crippen molar-refractivity contribution >= 4 is 41.6 Å². The molecule has 1 fully saturated rings. The number of hydroxylamine groups is 2. The molecule has 0 aromatic heterocycles. The van der Waals surface area contributed by atoms with Gasteiger partial charge in [0.15, 0.2) is 0 Å². The van der Waals surface area contributed by atoms with Crippen LogP contribution in [0, 0.1) is 0 Å². The molecule has 0 saturated carbocycles. The molecule has 1 radical (unpaired) electrons. The Labute approximate surface area is 314 Å². The second kappa shape index (κ2) is 16.2. The van der Waals surface area contributed by atoms with Gasteiger partial charge in [0.1, 0.15) is 45.9 Å². The minimum absolute atomic E-state index is 0.165. The van der Waals surface area contributed by atoms with Crippen LogP contribution in [-0.4, -0.2) is 104 Å². The van der Waals surface area contributed by atoms with Crippen LogP contribution in [0.5, 0.6) is 0 Å². The van der Waals surface area contributed by atoms with E-state index in [1.54, 1.807) is 69.2 Å². The van der Waals surface area contributed by atoms with Gasteiger partial charge in [-0.15, -0.1) is 10.3 Å². The number of rotatable bonds is 12. The van der Waals surface area contributed by atoms with Crippen molar-refractivity contribution in [2.24, 2.45) is 0 Å². The third-order valence-corrected chi connectivity index (χ3v) is 8.34. The summed E-state index contributed by atoms with van der Waals surface area (Å²) >= 11 is 0. The van der Waals surface area contributed by atoms with Gasteiger partial charge in [0.25, 0.3) is 0 Å². The van der Waals surface area contributed by atoms with Crippen LogP contribution in [-0.2, 0) is 43.4 Å². The molecular formula is C36H64N7O10. The number of ether oxygens (including phenoxy) is 2. The molecule has 0 aliphatic carbocycles. The van der Waals surface area contributed by atoms with Crippen LogP contribution in [0.4, 0.5) is 4.79 Å². The predicted molar refractivity (Wildman–Crippen MR) is 195 cm³/mol. The monoisotopic (exact) mass is 754 g/mol. The first-order valence-electron chi connectivity index (χ1n) is 17.8. The van der Waals surface area contributed by atoms with Gasteiger partial charge in [0.05, 0.1) is 0 Å². The number of nitrogens with one attached hydrogen (secondary N) is 6. The van der Waals surface area contributed by atoms with Crippen molar-refractivity contribution in [2.45, 2.75) is 188 Å². The van der Waals surface area contributed by atoms with Crippen molar-refractivity contribution in [3.05, 3.63) is 0 Å². The van der Waals surface area contributed by atoms with E-state index in [1.165, 1.54) is 48.5 Å². The summed E-state index contributed by atoms with van der Waals surface area (Å²) in [6, 6.07) is -3.36. The van der Waals surface area contributed by atoms with Gasteiger partial charge in [-0.05, 0) is 131 Å². The van der Waals surface area contributed by atoms with E-state index < -0.39 is 98.6 Å². The number of esters is 1. The number of piperidine rings is 1. The zero-order valence-electron chi connectivity index (χ0n) is 34.7. The Morgan fingerprint density at radius 2 is 0.981 bits per heavy atom. The molecule has 6 amide bonds. The zero-order valence-corrected chi connectivity index (χ0v) is 34.7. The van der Waals surface area contributed by atoms with Crippen molar-refractivity contribution in [2.75, 3.05) is 0 Å². The Balaban J connectivity index is 3.26. The maximum absolute atomic E-state index is 14.3. The van der Waals surface area contributed by atoms with E-state index in [1.807, 2.05) is 0 Å². The summed E-state index contributed by atoms with van der Waals surface area (Å²) < 4.78 is 10.5. The Morgan fingerprint density at radius 3 is 1.42 bits per heavy atom. The zero-order chi connectivity index (χ0) is 41.9. The number of carbonyl (C=O) groups excluding carboxylic acids is 7. The van der Waals surface area contributed by atoms with Crippen molar-refractivity contribution < 1.29 is 48.2 Å². The highest BCUT2D eigenvalue weighted by Crippen LogP contribution is 2.43. The summed E-state index contributed by atoms with van der Waals surface area (Å²) in [5.74, 6) is -4.35. The number of hydrogen-bond donors (Lipinski definition) is 6. The summed E-state index contributed by atoms with van der Waals surface area (Å²) in [6.45, 7) is 26.5. The SMILES string of the molecule is C[C@H](NC(=O)OC(C)(C)C)C(=O)NC(C)(C)C(=O)N[C@@H](C)C(=O)NC1(C(=O)NC(C)(C)C(=O)N[C@@H](C)C(=O)OC(C)(C)C)CC(C)(C)N([O])C(C)(C)C1. The fourth-order valence-corrected chi connectivity index (χ4v) is 5.90. The molecular weight excluding hydrogens is 690 g/mol. The van der Waals surface area contributed by atoms with Gasteiger partial charge in [-0.3, -0.25) is 24.0 Å². The summed E-state index contributed by atoms with van der Waals surface area (Å²) in [6.07, 6.45) is -1.15. The number of carbonyl (C=O) groups is 7. The Hall–Kier alpha value is -3.99. The normalized spacial score (nSPS) is 18.9. The molecule has 0 aromatic carbocycles. The first kappa shape index (κ1) is 47.0. The van der Waals surface area contributed by atoms with E-state index in [2.05, 4.69) is 31.9 Å². The highest BCUT2D eigenvalue weighted by Gasteiger charge is 2.58. The largest absolute Gasteiger partial charge is 0.458 e. The molecule has 1 heterocycles. The fourth-order valence-electron chi connectivity index (χ4n) is 5.90. The van der Waals surface area contributed by atoms with Crippen LogP contribution in [0.15, 0.2) is 0 Å². The lowest BCUT2D eigenvalue weighted by Crippen LogP contribution is -2.75. The first-order valence-corrected chi connectivity index (χ1v) is 17.8. The lowest BCUT2D eigenvalue weighted by atomic mass is 9.69. The quantitative estimate of drug-likeness (QED) is 0.158. The van der Waals surface area contributed by atoms with Gasteiger partial charge in [-0.1, -0.05) is 0 Å². The van der Waals surface area contributed by atoms with Gasteiger partial charge in [0.2, 0.25) is 29.5 Å². The summed E-state index contributed by atoms with van der Waals surface area (Å²) in [7, 11) is 0. The summed E-state index contributed by atoms with van der Waals surface area (Å²) in [4.78, 5) is 92.3. The van der Waals surface area contributed by atoms with Gasteiger partial charge < -0.3 is 41.4 Å². The average Bonchev–Trinajstić information content (AvgIpc) is 2.92.